The van der Waals surface area contributed by atoms with Crippen LogP contribution in [0.1, 0.15) is 15.9 Å². The Bertz CT molecular complexity index is 1270. The lowest BCUT2D eigenvalue weighted by Gasteiger charge is -2.02. The molecule has 0 aliphatic heterocycles. The molecule has 0 atom stereocenters. The topological polar surface area (TPSA) is 88.9 Å². The number of nitrogens with zero attached hydrogens (tertiary/aromatic N) is 2. The van der Waals surface area contributed by atoms with Gasteiger partial charge in [0.2, 0.25) is 0 Å². The molecule has 1 heterocycles. The van der Waals surface area contributed by atoms with Crippen LogP contribution >= 0.6 is 23.2 Å². The Morgan fingerprint density at radius 3 is 2.62 bits per heavy atom. The van der Waals surface area contributed by atoms with Gasteiger partial charge in [0.05, 0.1) is 21.0 Å². The standard InChI is InChI=1S/C21H13Cl2N3O3/c22-14-4-1-3-12(9-14)10-19(27)13-7-8-16-17(11-13)25-21(24-16)20-15(23)5-2-6-18(20)26(28)29/h1-9,11H,10H2,(H,24,25). The van der Waals surface area contributed by atoms with Gasteiger partial charge in [0, 0.05) is 23.1 Å². The van der Waals surface area contributed by atoms with Gasteiger partial charge in [-0.05, 0) is 42.0 Å². The van der Waals surface area contributed by atoms with E-state index in [2.05, 4.69) is 9.97 Å². The summed E-state index contributed by atoms with van der Waals surface area (Å²) < 4.78 is 0. The Labute approximate surface area is 175 Å². The normalized spacial score (nSPS) is 11.0. The molecule has 0 spiro atoms. The molecule has 1 aromatic heterocycles. The summed E-state index contributed by atoms with van der Waals surface area (Å²) in [5, 5.41) is 12.1. The number of carbonyl (C=O) groups excluding carboxylic acids is 1. The van der Waals surface area contributed by atoms with E-state index in [9.17, 15) is 14.9 Å². The van der Waals surface area contributed by atoms with Gasteiger partial charge in [-0.15, -0.1) is 0 Å². The fourth-order valence-electron chi connectivity index (χ4n) is 3.14. The predicted molar refractivity (Wildman–Crippen MR) is 113 cm³/mol. The van der Waals surface area contributed by atoms with Crippen molar-refractivity contribution in [1.82, 2.24) is 9.97 Å². The zero-order valence-corrected chi connectivity index (χ0v) is 16.4. The molecule has 0 radical (unpaired) electrons. The number of nitro benzene ring substituents is 1. The molecule has 0 aliphatic rings. The molecule has 0 fully saturated rings. The number of imidazole rings is 1. The van der Waals surface area contributed by atoms with Gasteiger partial charge in [0.15, 0.2) is 5.78 Å². The Kier molecular flexibility index (Phi) is 5.05. The van der Waals surface area contributed by atoms with Gasteiger partial charge in [-0.2, -0.15) is 0 Å². The third-order valence-electron chi connectivity index (χ3n) is 4.48. The molecular weight excluding hydrogens is 413 g/mol. The molecule has 0 bridgehead atoms. The fourth-order valence-corrected chi connectivity index (χ4v) is 3.61. The minimum atomic E-state index is -0.506. The van der Waals surface area contributed by atoms with Gasteiger partial charge in [-0.3, -0.25) is 14.9 Å². The van der Waals surface area contributed by atoms with Crippen molar-refractivity contribution in [3.63, 3.8) is 0 Å². The van der Waals surface area contributed by atoms with Gasteiger partial charge in [-0.25, -0.2) is 4.98 Å². The van der Waals surface area contributed by atoms with Gasteiger partial charge in [0.1, 0.15) is 11.4 Å². The van der Waals surface area contributed by atoms with Crippen molar-refractivity contribution in [2.24, 2.45) is 0 Å². The van der Waals surface area contributed by atoms with E-state index in [1.807, 2.05) is 6.07 Å². The van der Waals surface area contributed by atoms with E-state index in [4.69, 9.17) is 23.2 Å². The highest BCUT2D eigenvalue weighted by Gasteiger charge is 2.21. The SMILES string of the molecule is O=C(Cc1cccc(Cl)c1)c1ccc2nc(-c3c(Cl)cccc3[N+](=O)[O-])[nH]c2c1. The summed E-state index contributed by atoms with van der Waals surface area (Å²) in [6.07, 6.45) is 0.211. The van der Waals surface area contributed by atoms with Gasteiger partial charge in [0.25, 0.3) is 5.69 Å². The molecule has 8 heteroatoms. The van der Waals surface area contributed by atoms with E-state index >= 15 is 0 Å². The monoisotopic (exact) mass is 425 g/mol. The zero-order chi connectivity index (χ0) is 20.5. The Balaban J connectivity index is 1.70. The lowest BCUT2D eigenvalue weighted by molar-refractivity contribution is -0.384. The predicted octanol–water partition coefficient (Wildman–Crippen LogP) is 5.87. The third-order valence-corrected chi connectivity index (χ3v) is 5.03. The van der Waals surface area contributed by atoms with E-state index in [0.717, 1.165) is 5.56 Å². The van der Waals surface area contributed by atoms with Crippen molar-refractivity contribution in [1.29, 1.82) is 0 Å². The molecule has 4 rings (SSSR count). The number of hydrogen-bond donors (Lipinski definition) is 1. The van der Waals surface area contributed by atoms with Crippen LogP contribution in [0, 0.1) is 10.1 Å². The molecule has 0 saturated carbocycles. The van der Waals surface area contributed by atoms with Crippen LogP contribution in [0.25, 0.3) is 22.4 Å². The van der Waals surface area contributed by atoms with Crippen molar-refractivity contribution in [2.45, 2.75) is 6.42 Å². The van der Waals surface area contributed by atoms with Crippen LogP contribution < -0.4 is 0 Å². The summed E-state index contributed by atoms with van der Waals surface area (Å²) in [6.45, 7) is 0. The summed E-state index contributed by atoms with van der Waals surface area (Å²) in [5.41, 5.74) is 2.55. The van der Waals surface area contributed by atoms with Crippen LogP contribution in [0.2, 0.25) is 10.0 Å². The molecule has 0 saturated heterocycles. The Morgan fingerprint density at radius 2 is 1.86 bits per heavy atom. The first-order valence-corrected chi connectivity index (χ1v) is 9.38. The number of halogens is 2. The van der Waals surface area contributed by atoms with E-state index in [0.29, 0.717) is 21.6 Å². The van der Waals surface area contributed by atoms with Crippen LogP contribution in [0.4, 0.5) is 5.69 Å². The van der Waals surface area contributed by atoms with Gasteiger partial charge >= 0.3 is 0 Å². The summed E-state index contributed by atoms with van der Waals surface area (Å²) >= 11 is 12.2. The van der Waals surface area contributed by atoms with E-state index in [-0.39, 0.29) is 34.3 Å². The number of ketones is 1. The van der Waals surface area contributed by atoms with Crippen molar-refractivity contribution < 1.29 is 9.72 Å². The number of aromatic nitrogens is 2. The summed E-state index contributed by atoms with van der Waals surface area (Å²) in [6, 6.07) is 16.7. The van der Waals surface area contributed by atoms with Crippen molar-refractivity contribution >= 4 is 45.7 Å². The number of nitrogens with one attached hydrogen (secondary N) is 1. The number of fused-ring (bicyclic) bond motifs is 1. The quantitative estimate of drug-likeness (QED) is 0.246. The minimum absolute atomic E-state index is 0.0750. The van der Waals surface area contributed by atoms with Crippen LogP contribution in [0.15, 0.2) is 60.7 Å². The van der Waals surface area contributed by atoms with Crippen LogP contribution in [-0.4, -0.2) is 20.7 Å². The summed E-state index contributed by atoms with van der Waals surface area (Å²) in [4.78, 5) is 31.0. The highest BCUT2D eigenvalue weighted by Crippen LogP contribution is 2.35. The van der Waals surface area contributed by atoms with Crippen molar-refractivity contribution in [3.05, 3.63) is 92.0 Å². The molecule has 6 nitrogen and oxygen atoms in total. The largest absolute Gasteiger partial charge is 0.338 e. The first kappa shape index (κ1) is 19.1. The molecule has 0 unspecified atom stereocenters. The average molecular weight is 426 g/mol. The number of H-pyrrole nitrogens is 1. The second-order valence-electron chi connectivity index (χ2n) is 6.44. The van der Waals surface area contributed by atoms with Crippen LogP contribution in [0.5, 0.6) is 0 Å². The smallest absolute Gasteiger partial charge is 0.281 e. The van der Waals surface area contributed by atoms with Crippen LogP contribution in [-0.2, 0) is 6.42 Å². The maximum atomic E-state index is 12.7. The van der Waals surface area contributed by atoms with E-state index in [1.165, 1.54) is 12.1 Å². The highest BCUT2D eigenvalue weighted by atomic mass is 35.5. The molecule has 0 amide bonds. The third kappa shape index (κ3) is 3.85. The Morgan fingerprint density at radius 1 is 1.07 bits per heavy atom. The lowest BCUT2D eigenvalue weighted by Crippen LogP contribution is -2.03. The molecule has 0 aliphatic carbocycles. The molecule has 1 N–H and O–H groups in total. The van der Waals surface area contributed by atoms with Crippen LogP contribution in [0.3, 0.4) is 0 Å². The number of carbonyl (C=O) groups is 1. The molecule has 4 aromatic rings. The van der Waals surface area contributed by atoms with Crippen molar-refractivity contribution in [2.75, 3.05) is 0 Å². The highest BCUT2D eigenvalue weighted by molar-refractivity contribution is 6.33. The maximum Gasteiger partial charge on any atom is 0.281 e. The molecule has 144 valence electrons. The van der Waals surface area contributed by atoms with Crippen molar-refractivity contribution in [3.8, 4) is 11.4 Å². The van der Waals surface area contributed by atoms with E-state index < -0.39 is 4.92 Å². The molecule has 29 heavy (non-hydrogen) atoms. The second-order valence-corrected chi connectivity index (χ2v) is 7.28. The van der Waals surface area contributed by atoms with Gasteiger partial charge < -0.3 is 4.98 Å². The number of rotatable bonds is 5. The zero-order valence-electron chi connectivity index (χ0n) is 14.9. The number of nitro groups is 1. The number of hydrogen-bond acceptors (Lipinski definition) is 4. The summed E-state index contributed by atoms with van der Waals surface area (Å²) in [5.74, 6) is 0.200. The average Bonchev–Trinajstić information content (AvgIpc) is 3.10. The fraction of sp³-hybridized carbons (Fsp3) is 0.0476. The molecular formula is C21H13Cl2N3O3. The van der Waals surface area contributed by atoms with E-state index in [1.54, 1.807) is 42.5 Å². The number of benzene rings is 3. The number of aromatic amines is 1. The summed E-state index contributed by atoms with van der Waals surface area (Å²) in [7, 11) is 0. The minimum Gasteiger partial charge on any atom is -0.338 e. The first-order chi connectivity index (χ1) is 13.9. The van der Waals surface area contributed by atoms with Gasteiger partial charge in [-0.1, -0.05) is 41.4 Å². The maximum absolute atomic E-state index is 12.7. The second kappa shape index (κ2) is 7.66. The lowest BCUT2D eigenvalue weighted by atomic mass is 10.0. The first-order valence-electron chi connectivity index (χ1n) is 8.63. The Hall–Kier alpha value is -3.22. The molecule has 3 aromatic carbocycles. The number of Topliss-reactive ketones (excluding diaryl/α,β-unsaturated/α-hetero) is 1.